The van der Waals surface area contributed by atoms with E-state index in [-0.39, 0.29) is 226 Å². The van der Waals surface area contributed by atoms with Crippen LogP contribution in [-0.2, 0) is 28.8 Å². The van der Waals surface area contributed by atoms with Crippen molar-refractivity contribution < 1.29 is 270 Å². The molecule has 0 saturated heterocycles. The fourth-order valence-electron chi connectivity index (χ4n) is 3.97. The fraction of sp³-hybridized carbons (Fsp3) is 0.714. The molecule has 0 aromatic carbocycles. The number of carbonyl (C=O) groups excluding carboxylic acids is 6. The van der Waals surface area contributed by atoms with Crippen LogP contribution < -0.4 is 252 Å². The summed E-state index contributed by atoms with van der Waals surface area (Å²) in [7, 11) is -5.17. The molecule has 0 fully saturated rings. The maximum absolute atomic E-state index is 12.9. The molecule has 212 valence electrons. The van der Waals surface area contributed by atoms with Crippen LogP contribution in [0.2, 0.25) is 6.04 Å². The van der Waals surface area contributed by atoms with Gasteiger partial charge < -0.3 is 64.6 Å². The monoisotopic (exact) mass is 706 g/mol. The Balaban J connectivity index is -0.000000309. The Morgan fingerprint density at radius 2 is 1.02 bits per heavy atom. The minimum absolute atomic E-state index is 0. The second-order valence-electron chi connectivity index (χ2n) is 8.45. The molecule has 0 rings (SSSR count). The van der Waals surface area contributed by atoms with Crippen molar-refractivity contribution in [3.05, 3.63) is 0 Å². The van der Waals surface area contributed by atoms with Crippen molar-refractivity contribution in [1.29, 1.82) is 0 Å². The molecule has 5 atom stereocenters. The van der Waals surface area contributed by atoms with E-state index in [0.29, 0.717) is 12.8 Å². The molecule has 0 aliphatic heterocycles. The summed E-state index contributed by atoms with van der Waals surface area (Å²) in [5, 5.41) is 51.5. The fourth-order valence-corrected chi connectivity index (χ4v) is 4.58. The van der Waals surface area contributed by atoms with E-state index in [4.69, 9.17) is 0 Å². The number of carbonyl (C=O) groups is 6. The number of aliphatic carboxylic acids is 4. The van der Waals surface area contributed by atoms with Gasteiger partial charge in [0.2, 0.25) is 11.8 Å². The second kappa shape index (κ2) is 35.3. The summed E-state index contributed by atoms with van der Waals surface area (Å²) in [5.74, 6) is -22.5. The van der Waals surface area contributed by atoms with Crippen molar-refractivity contribution >= 4 is 44.5 Å². The molecule has 2 amide bonds. The van der Waals surface area contributed by atoms with Gasteiger partial charge in [-0.05, 0) is 25.7 Å². The Morgan fingerprint density at radius 3 is 1.36 bits per heavy atom. The summed E-state index contributed by atoms with van der Waals surface area (Å²) >= 11 is 0. The first-order valence-electron chi connectivity index (χ1n) is 11.6. The van der Waals surface area contributed by atoms with Gasteiger partial charge in [-0.25, -0.2) is 0 Å². The first-order chi connectivity index (χ1) is 17.1. The van der Waals surface area contributed by atoms with Gasteiger partial charge in [-0.1, -0.05) is 20.3 Å². The number of unbranched alkanes of at least 4 members (excludes halogenated alkanes) is 1. The molecule has 0 spiro atoms. The van der Waals surface area contributed by atoms with Crippen LogP contribution >= 0.6 is 0 Å². The van der Waals surface area contributed by atoms with E-state index in [1.807, 2.05) is 0 Å². The molecule has 1 unspecified atom stereocenters. The zero-order valence-electron chi connectivity index (χ0n) is 27.4. The third-order valence-electron chi connectivity index (χ3n) is 5.74. The Kier molecular flexibility index (Phi) is 53.1. The standard InChI is InChI=1S/C21H33N2O13Si.7Na/c1-3-5-7-23-18(27)14(12(19(28)29)10-13(24)25)16(21(32)33)15(20(30)31)11(4-2)17(26)22-8-6-9-37(34,35)36;;;;;;;/h11-12,14-16H,3-10H2,1-2H3,(H,22,26)(H,23,27)(H,24,25)(H,28,29)(H,30,31)(H,32,33);;;;;;;/q-3;7*+1/p-4/t11-,12+,14?,15-,16+;;;;;;;/m1......./s1. The van der Waals surface area contributed by atoms with Crippen molar-refractivity contribution in [2.45, 2.75) is 52.0 Å². The summed E-state index contributed by atoms with van der Waals surface area (Å²) in [6.45, 7) is 2.51. The van der Waals surface area contributed by atoms with Crippen molar-refractivity contribution in [2.24, 2.45) is 29.6 Å². The molecule has 0 saturated carbocycles. The predicted molar refractivity (Wildman–Crippen MR) is 108 cm³/mol. The van der Waals surface area contributed by atoms with Crippen molar-refractivity contribution in [2.75, 3.05) is 13.1 Å². The van der Waals surface area contributed by atoms with Crippen LogP contribution in [0.5, 0.6) is 0 Å². The van der Waals surface area contributed by atoms with Crippen molar-refractivity contribution in [3.63, 3.8) is 0 Å². The summed E-state index contributed by atoms with van der Waals surface area (Å²) < 4.78 is 0. The number of hydrogen-bond donors (Lipinski definition) is 2. The first-order valence-corrected chi connectivity index (χ1v) is 13.5. The van der Waals surface area contributed by atoms with E-state index < -0.39 is 93.1 Å². The molecule has 0 bridgehead atoms. The van der Waals surface area contributed by atoms with Crippen molar-refractivity contribution in [1.82, 2.24) is 10.6 Å². The van der Waals surface area contributed by atoms with E-state index in [2.05, 4.69) is 10.6 Å². The van der Waals surface area contributed by atoms with Gasteiger partial charge in [0.05, 0.1) is 5.92 Å². The maximum Gasteiger partial charge on any atom is 1.00 e. The second-order valence-corrected chi connectivity index (χ2v) is 10.3. The van der Waals surface area contributed by atoms with E-state index in [0.717, 1.165) is 0 Å². The van der Waals surface area contributed by atoms with Crippen LogP contribution in [0.1, 0.15) is 46.0 Å². The Morgan fingerprint density at radius 1 is 0.591 bits per heavy atom. The SMILES string of the molecule is CCCCNC(=O)C([C@H](CC(=O)[O-])C(=O)[O-])[C@H](C(=O)[O-])[C@H](C(=O)[O-])[C@@H](CC)C(=O)NCCC[Si]([O-])([O-])[O-].[Na+].[Na+].[Na+].[Na+].[Na+].[Na+].[Na+]. The number of hydrogen-bond acceptors (Lipinski definition) is 13. The first kappa shape index (κ1) is 66.2. The minimum atomic E-state index is -5.17. The molecular formula is C21H29N2Na7O13Si. The molecule has 0 aromatic heterocycles. The minimum Gasteiger partial charge on any atom is -0.881 e. The number of nitrogens with one attached hydrogen (secondary N) is 2. The smallest absolute Gasteiger partial charge is 0.881 e. The summed E-state index contributed by atoms with van der Waals surface area (Å²) in [5.41, 5.74) is 0. The maximum atomic E-state index is 12.9. The summed E-state index contributed by atoms with van der Waals surface area (Å²) in [4.78, 5) is 105. The van der Waals surface area contributed by atoms with Crippen LogP contribution in [0.4, 0.5) is 0 Å². The largest absolute Gasteiger partial charge is 1.00 e. The van der Waals surface area contributed by atoms with Crippen LogP contribution in [0.15, 0.2) is 0 Å². The van der Waals surface area contributed by atoms with E-state index in [1.165, 1.54) is 6.92 Å². The molecule has 0 aliphatic rings. The van der Waals surface area contributed by atoms with Gasteiger partial charge >= 0.3 is 207 Å². The Hall–Kier alpha value is 3.92. The van der Waals surface area contributed by atoms with Gasteiger partial charge in [0, 0.05) is 60.6 Å². The Bertz CT molecular complexity index is 858. The van der Waals surface area contributed by atoms with Crippen LogP contribution in [0.25, 0.3) is 0 Å². The molecule has 0 radical (unpaired) electrons. The number of rotatable bonds is 19. The summed E-state index contributed by atoms with van der Waals surface area (Å²) in [6, 6.07) is -0.799. The third-order valence-corrected chi connectivity index (χ3v) is 6.71. The average Bonchev–Trinajstić information content (AvgIpc) is 2.76. The van der Waals surface area contributed by atoms with Gasteiger partial charge in [-0.3, -0.25) is 18.4 Å². The Labute approximate surface area is 412 Å². The molecular weight excluding hydrogens is 677 g/mol. The zero-order valence-corrected chi connectivity index (χ0v) is 42.4. The predicted octanol–water partition coefficient (Wildman–Crippen LogP) is -29.7. The number of amides is 2. The zero-order chi connectivity index (χ0) is 28.9. The van der Waals surface area contributed by atoms with E-state index in [9.17, 15) is 63.6 Å². The number of carboxylic acids is 4. The molecule has 2 N–H and O–H groups in total. The number of carboxylic acid groups (broad SMARTS) is 4. The molecule has 23 heteroatoms. The average molecular weight is 706 g/mol. The molecule has 0 heterocycles. The molecule has 0 aliphatic carbocycles. The van der Waals surface area contributed by atoms with Crippen LogP contribution in [-0.4, -0.2) is 57.6 Å². The normalized spacial score (nSPS) is 13.0. The van der Waals surface area contributed by atoms with Gasteiger partial charge in [-0.2, -0.15) is 0 Å². The van der Waals surface area contributed by atoms with E-state index >= 15 is 0 Å². The van der Waals surface area contributed by atoms with Gasteiger partial charge in [-0.15, -0.1) is 6.04 Å². The van der Waals surface area contributed by atoms with Gasteiger partial charge in [0.15, 0.2) is 0 Å². The molecule has 0 aromatic rings. The van der Waals surface area contributed by atoms with Crippen molar-refractivity contribution in [3.8, 4) is 0 Å². The third kappa shape index (κ3) is 26.7. The molecule has 15 nitrogen and oxygen atoms in total. The van der Waals surface area contributed by atoms with Gasteiger partial charge in [0.25, 0.3) is 0 Å². The van der Waals surface area contributed by atoms with E-state index in [1.54, 1.807) is 6.92 Å². The summed E-state index contributed by atoms with van der Waals surface area (Å²) in [6.07, 6.45) is -1.21. The van der Waals surface area contributed by atoms with Crippen LogP contribution in [0, 0.1) is 29.6 Å². The topological polar surface area (TPSA) is 288 Å². The molecule has 44 heavy (non-hydrogen) atoms. The van der Waals surface area contributed by atoms with Gasteiger partial charge in [0.1, 0.15) is 0 Å². The quantitative estimate of drug-likeness (QED) is 0.0933. The van der Waals surface area contributed by atoms with Crippen LogP contribution in [0.3, 0.4) is 0 Å².